The van der Waals surface area contributed by atoms with Gasteiger partial charge in [0.25, 0.3) is 5.91 Å². The first-order chi connectivity index (χ1) is 11.6. The molecule has 1 aromatic carbocycles. The second-order valence-electron chi connectivity index (χ2n) is 6.80. The second-order valence-corrected chi connectivity index (χ2v) is 7.24. The zero-order chi connectivity index (χ0) is 16.7. The van der Waals surface area contributed by atoms with Gasteiger partial charge in [-0.1, -0.05) is 17.7 Å². The van der Waals surface area contributed by atoms with Crippen molar-refractivity contribution in [2.45, 2.75) is 43.8 Å². The highest BCUT2D eigenvalue weighted by molar-refractivity contribution is 6.30. The fourth-order valence-corrected chi connectivity index (χ4v) is 4.07. The minimum absolute atomic E-state index is 0.0120. The van der Waals surface area contributed by atoms with Crippen LogP contribution in [0.25, 0.3) is 5.69 Å². The predicted octanol–water partition coefficient (Wildman–Crippen LogP) is 2.88. The lowest BCUT2D eigenvalue weighted by Crippen LogP contribution is -2.48. The number of carbonyl (C=O) groups excluding carboxylic acids is 1. The highest BCUT2D eigenvalue weighted by Gasteiger charge is 2.36. The molecule has 6 heteroatoms. The van der Waals surface area contributed by atoms with Crippen molar-refractivity contribution < 1.29 is 4.79 Å². The van der Waals surface area contributed by atoms with Gasteiger partial charge in [0.2, 0.25) is 0 Å². The molecule has 1 amide bonds. The van der Waals surface area contributed by atoms with E-state index in [1.54, 1.807) is 16.9 Å². The fourth-order valence-electron chi connectivity index (χ4n) is 3.89. The van der Waals surface area contributed by atoms with Crippen molar-refractivity contribution in [2.75, 3.05) is 7.05 Å². The van der Waals surface area contributed by atoms with Gasteiger partial charge in [0, 0.05) is 36.4 Å². The first-order valence-corrected chi connectivity index (χ1v) is 8.83. The molecule has 2 fully saturated rings. The van der Waals surface area contributed by atoms with Crippen molar-refractivity contribution in [1.82, 2.24) is 20.0 Å². The molecule has 2 aliphatic heterocycles. The standard InChI is InChI=1S/C18H21ClN4O/c1-22(16-10-13-5-6-14(11-16)20-13)18(24)17-7-8-23(21-17)15-4-2-3-12(19)9-15/h2-4,7-9,13-14,16,20H,5-6,10-11H2,1H3. The number of hydrogen-bond donors (Lipinski definition) is 1. The van der Waals surface area contributed by atoms with Crippen LogP contribution in [-0.4, -0.2) is 45.8 Å². The molecule has 5 nitrogen and oxygen atoms in total. The molecule has 1 N–H and O–H groups in total. The highest BCUT2D eigenvalue weighted by Crippen LogP contribution is 2.29. The van der Waals surface area contributed by atoms with E-state index in [1.807, 2.05) is 36.2 Å². The molecule has 2 unspecified atom stereocenters. The lowest BCUT2D eigenvalue weighted by molar-refractivity contribution is 0.0675. The summed E-state index contributed by atoms with van der Waals surface area (Å²) in [6.07, 6.45) is 6.33. The zero-order valence-corrected chi connectivity index (χ0v) is 14.4. The van der Waals surface area contributed by atoms with Crippen molar-refractivity contribution >= 4 is 17.5 Å². The van der Waals surface area contributed by atoms with Crippen LogP contribution in [0.2, 0.25) is 5.02 Å². The van der Waals surface area contributed by atoms with Gasteiger partial charge in [0.05, 0.1) is 5.69 Å². The van der Waals surface area contributed by atoms with Crippen LogP contribution in [0.3, 0.4) is 0 Å². The van der Waals surface area contributed by atoms with Crippen LogP contribution in [-0.2, 0) is 0 Å². The third-order valence-corrected chi connectivity index (χ3v) is 5.43. The molecule has 2 atom stereocenters. The maximum Gasteiger partial charge on any atom is 0.274 e. The normalized spacial score (nSPS) is 25.7. The summed E-state index contributed by atoms with van der Waals surface area (Å²) < 4.78 is 1.69. The summed E-state index contributed by atoms with van der Waals surface area (Å²) in [6.45, 7) is 0. The Labute approximate surface area is 146 Å². The predicted molar refractivity (Wildman–Crippen MR) is 93.6 cm³/mol. The second kappa shape index (κ2) is 6.22. The van der Waals surface area contributed by atoms with E-state index in [9.17, 15) is 4.79 Å². The van der Waals surface area contributed by atoms with Gasteiger partial charge in [-0.05, 0) is 49.9 Å². The number of rotatable bonds is 3. The zero-order valence-electron chi connectivity index (χ0n) is 13.7. The van der Waals surface area contributed by atoms with Gasteiger partial charge >= 0.3 is 0 Å². The third-order valence-electron chi connectivity index (χ3n) is 5.20. The molecule has 24 heavy (non-hydrogen) atoms. The molecule has 2 bridgehead atoms. The monoisotopic (exact) mass is 344 g/mol. The van der Waals surface area contributed by atoms with Gasteiger partial charge < -0.3 is 10.2 Å². The van der Waals surface area contributed by atoms with Crippen LogP contribution in [0.1, 0.15) is 36.2 Å². The van der Waals surface area contributed by atoms with E-state index in [0.29, 0.717) is 28.8 Å². The van der Waals surface area contributed by atoms with Gasteiger partial charge in [-0.15, -0.1) is 0 Å². The first-order valence-electron chi connectivity index (χ1n) is 8.45. The van der Waals surface area contributed by atoms with Crippen molar-refractivity contribution in [1.29, 1.82) is 0 Å². The molecule has 0 saturated carbocycles. The number of carbonyl (C=O) groups is 1. The highest BCUT2D eigenvalue weighted by atomic mass is 35.5. The molecule has 3 heterocycles. The molecular weight excluding hydrogens is 324 g/mol. The van der Waals surface area contributed by atoms with Crippen LogP contribution >= 0.6 is 11.6 Å². The molecule has 2 aromatic rings. The molecule has 0 spiro atoms. The Hall–Kier alpha value is -1.85. The number of hydrogen-bond acceptors (Lipinski definition) is 3. The number of nitrogens with one attached hydrogen (secondary N) is 1. The lowest BCUT2D eigenvalue weighted by atomic mass is 9.98. The summed E-state index contributed by atoms with van der Waals surface area (Å²) in [7, 11) is 1.90. The minimum atomic E-state index is -0.0120. The lowest BCUT2D eigenvalue weighted by Gasteiger charge is -2.35. The average Bonchev–Trinajstić information content (AvgIpc) is 3.20. The van der Waals surface area contributed by atoms with E-state index in [4.69, 9.17) is 11.6 Å². The van der Waals surface area contributed by atoms with Crippen LogP contribution in [0.5, 0.6) is 0 Å². The van der Waals surface area contributed by atoms with Gasteiger partial charge in [0.1, 0.15) is 0 Å². The maximum absolute atomic E-state index is 12.8. The van der Waals surface area contributed by atoms with E-state index in [1.165, 1.54) is 12.8 Å². The summed E-state index contributed by atoms with van der Waals surface area (Å²) in [4.78, 5) is 14.7. The smallest absolute Gasteiger partial charge is 0.274 e. The summed E-state index contributed by atoms with van der Waals surface area (Å²) >= 11 is 6.03. The quantitative estimate of drug-likeness (QED) is 0.931. The number of aromatic nitrogens is 2. The number of halogens is 1. The van der Waals surface area contributed by atoms with E-state index in [-0.39, 0.29) is 5.91 Å². The van der Waals surface area contributed by atoms with E-state index >= 15 is 0 Å². The van der Waals surface area contributed by atoms with Gasteiger partial charge in [-0.2, -0.15) is 5.10 Å². The fraction of sp³-hybridized carbons (Fsp3) is 0.444. The number of piperidine rings is 1. The summed E-state index contributed by atoms with van der Waals surface area (Å²) in [6, 6.07) is 10.6. The Morgan fingerprint density at radius 2 is 2.04 bits per heavy atom. The van der Waals surface area contributed by atoms with Gasteiger partial charge in [-0.3, -0.25) is 4.79 Å². The molecular formula is C18H21ClN4O. The van der Waals surface area contributed by atoms with Crippen LogP contribution in [0.4, 0.5) is 0 Å². The first kappa shape index (κ1) is 15.7. The largest absolute Gasteiger partial charge is 0.337 e. The van der Waals surface area contributed by atoms with E-state index in [0.717, 1.165) is 18.5 Å². The van der Waals surface area contributed by atoms with Gasteiger partial charge in [0.15, 0.2) is 5.69 Å². The molecule has 2 saturated heterocycles. The van der Waals surface area contributed by atoms with Crippen molar-refractivity contribution in [3.05, 3.63) is 47.2 Å². The summed E-state index contributed by atoms with van der Waals surface area (Å²) in [5, 5.41) is 8.71. The number of amides is 1. The van der Waals surface area contributed by atoms with E-state index in [2.05, 4.69) is 10.4 Å². The Bertz CT molecular complexity index is 747. The molecule has 0 radical (unpaired) electrons. The number of benzene rings is 1. The third kappa shape index (κ3) is 2.94. The molecule has 126 valence electrons. The van der Waals surface area contributed by atoms with E-state index < -0.39 is 0 Å². The molecule has 2 aliphatic rings. The van der Waals surface area contributed by atoms with Crippen LogP contribution < -0.4 is 5.32 Å². The Morgan fingerprint density at radius 1 is 1.29 bits per heavy atom. The van der Waals surface area contributed by atoms with Crippen molar-refractivity contribution in [3.63, 3.8) is 0 Å². The minimum Gasteiger partial charge on any atom is -0.337 e. The Kier molecular flexibility index (Phi) is 4.06. The Morgan fingerprint density at radius 3 is 2.75 bits per heavy atom. The Balaban J connectivity index is 1.50. The molecule has 1 aromatic heterocycles. The van der Waals surface area contributed by atoms with Gasteiger partial charge in [-0.25, -0.2) is 4.68 Å². The van der Waals surface area contributed by atoms with Crippen molar-refractivity contribution in [3.8, 4) is 5.69 Å². The number of nitrogens with zero attached hydrogens (tertiary/aromatic N) is 3. The summed E-state index contributed by atoms with van der Waals surface area (Å²) in [5.41, 5.74) is 1.33. The maximum atomic E-state index is 12.8. The van der Waals surface area contributed by atoms with Crippen LogP contribution in [0, 0.1) is 0 Å². The SMILES string of the molecule is CN(C(=O)c1ccn(-c2cccc(Cl)c2)n1)C1CC2CCC(C1)N2. The summed E-state index contributed by atoms with van der Waals surface area (Å²) in [5.74, 6) is -0.0120. The van der Waals surface area contributed by atoms with Crippen molar-refractivity contribution in [2.24, 2.45) is 0 Å². The molecule has 4 rings (SSSR count). The molecule has 0 aliphatic carbocycles. The van der Waals surface area contributed by atoms with Crippen LogP contribution in [0.15, 0.2) is 36.5 Å². The topological polar surface area (TPSA) is 50.2 Å². The number of fused-ring (bicyclic) bond motifs is 2. The average molecular weight is 345 g/mol.